The van der Waals surface area contributed by atoms with Crippen molar-refractivity contribution in [3.05, 3.63) is 24.3 Å². The minimum Gasteiger partial charge on any atom is -0.427 e. The van der Waals surface area contributed by atoms with Crippen molar-refractivity contribution in [1.29, 1.82) is 0 Å². The smallest absolute Gasteiger partial charge is 0.308 e. The van der Waals surface area contributed by atoms with Gasteiger partial charge in [-0.3, -0.25) is 4.79 Å². The van der Waals surface area contributed by atoms with Crippen molar-refractivity contribution < 1.29 is 18.3 Å². The molecule has 0 saturated carbocycles. The van der Waals surface area contributed by atoms with Crippen LogP contribution in [0.3, 0.4) is 0 Å². The van der Waals surface area contributed by atoms with E-state index in [0.717, 1.165) is 6.92 Å². The molecule has 1 aromatic carbocycles. The summed E-state index contributed by atoms with van der Waals surface area (Å²) in [5, 5.41) is 2.57. The Morgan fingerprint density at radius 2 is 1.94 bits per heavy atom. The number of anilines is 1. The zero-order chi connectivity index (χ0) is 12.2. The first-order valence-electron chi connectivity index (χ1n) is 4.77. The largest absolute Gasteiger partial charge is 0.427 e. The van der Waals surface area contributed by atoms with Crippen molar-refractivity contribution in [1.82, 2.24) is 0 Å². The van der Waals surface area contributed by atoms with Crippen molar-refractivity contribution in [2.24, 2.45) is 0 Å². The topological polar surface area (TPSA) is 38.3 Å². The quantitative estimate of drug-likeness (QED) is 0.637. The van der Waals surface area contributed by atoms with Crippen molar-refractivity contribution >= 4 is 11.7 Å². The molecule has 0 spiro atoms. The summed E-state index contributed by atoms with van der Waals surface area (Å²) in [6.07, 6.45) is 0. The minimum absolute atomic E-state index is 0.390. The number of nitrogens with one attached hydrogen (secondary N) is 1. The molecule has 0 radical (unpaired) electrons. The van der Waals surface area contributed by atoms with E-state index in [1.54, 1.807) is 12.1 Å². The molecule has 0 atom stereocenters. The summed E-state index contributed by atoms with van der Waals surface area (Å²) < 4.78 is 29.9. The first kappa shape index (κ1) is 12.4. The molecule has 0 bridgehead atoms. The summed E-state index contributed by atoms with van der Waals surface area (Å²) in [4.78, 5) is 10.6. The number of esters is 1. The number of ether oxygens (including phenoxy) is 1. The van der Waals surface area contributed by atoms with Gasteiger partial charge in [0.15, 0.2) is 0 Å². The van der Waals surface area contributed by atoms with E-state index in [9.17, 15) is 13.6 Å². The number of alkyl halides is 2. The number of rotatable bonds is 4. The molecule has 0 fully saturated rings. The molecule has 16 heavy (non-hydrogen) atoms. The highest BCUT2D eigenvalue weighted by atomic mass is 19.3. The van der Waals surface area contributed by atoms with Crippen molar-refractivity contribution in [3.8, 4) is 5.75 Å². The Morgan fingerprint density at radius 3 is 2.38 bits per heavy atom. The summed E-state index contributed by atoms with van der Waals surface area (Å²) in [5.41, 5.74) is 0.553. The van der Waals surface area contributed by atoms with Crippen LogP contribution in [-0.4, -0.2) is 18.4 Å². The van der Waals surface area contributed by atoms with E-state index in [1.165, 1.54) is 19.1 Å². The molecule has 0 aromatic heterocycles. The van der Waals surface area contributed by atoms with Crippen molar-refractivity contribution in [2.75, 3.05) is 11.9 Å². The summed E-state index contributed by atoms with van der Waals surface area (Å²) in [5.74, 6) is -2.78. The lowest BCUT2D eigenvalue weighted by Gasteiger charge is -2.12. The second-order valence-electron chi connectivity index (χ2n) is 3.54. The van der Waals surface area contributed by atoms with Crippen LogP contribution in [-0.2, 0) is 4.79 Å². The molecule has 0 aliphatic rings. The number of carbonyl (C=O) groups excluding carboxylic acids is 1. The third-order valence-corrected chi connectivity index (χ3v) is 1.72. The van der Waals surface area contributed by atoms with Crippen LogP contribution in [0.5, 0.6) is 5.75 Å². The molecule has 1 N–H and O–H groups in total. The Morgan fingerprint density at radius 1 is 1.38 bits per heavy atom. The zero-order valence-corrected chi connectivity index (χ0v) is 9.09. The fourth-order valence-electron chi connectivity index (χ4n) is 1.06. The van der Waals surface area contributed by atoms with Gasteiger partial charge in [-0.15, -0.1) is 0 Å². The average molecular weight is 229 g/mol. The predicted molar refractivity (Wildman–Crippen MR) is 56.9 cm³/mol. The first-order chi connectivity index (χ1) is 7.37. The summed E-state index contributed by atoms with van der Waals surface area (Å²) >= 11 is 0. The third kappa shape index (κ3) is 4.72. The fourth-order valence-corrected chi connectivity index (χ4v) is 1.06. The SMILES string of the molecule is CC(=O)Oc1ccc(NCC(C)(F)F)cc1. The van der Waals surface area contributed by atoms with E-state index >= 15 is 0 Å². The lowest BCUT2D eigenvalue weighted by atomic mass is 10.3. The van der Waals surface area contributed by atoms with E-state index in [1.807, 2.05) is 0 Å². The van der Waals surface area contributed by atoms with Gasteiger partial charge in [0, 0.05) is 19.5 Å². The van der Waals surface area contributed by atoms with Crippen molar-refractivity contribution in [2.45, 2.75) is 19.8 Å². The van der Waals surface area contributed by atoms with Gasteiger partial charge in [-0.2, -0.15) is 0 Å². The highest BCUT2D eigenvalue weighted by Crippen LogP contribution is 2.18. The van der Waals surface area contributed by atoms with Gasteiger partial charge in [0.25, 0.3) is 5.92 Å². The monoisotopic (exact) mass is 229 g/mol. The van der Waals surface area contributed by atoms with Gasteiger partial charge in [-0.25, -0.2) is 8.78 Å². The first-order valence-corrected chi connectivity index (χ1v) is 4.77. The second kappa shape index (κ2) is 4.92. The van der Waals surface area contributed by atoms with Crippen LogP contribution in [0.1, 0.15) is 13.8 Å². The third-order valence-electron chi connectivity index (χ3n) is 1.72. The molecule has 5 heteroatoms. The van der Waals surface area contributed by atoms with Gasteiger partial charge in [-0.1, -0.05) is 0 Å². The van der Waals surface area contributed by atoms with E-state index in [2.05, 4.69) is 5.32 Å². The lowest BCUT2D eigenvalue weighted by molar-refractivity contribution is -0.131. The fraction of sp³-hybridized carbons (Fsp3) is 0.364. The van der Waals surface area contributed by atoms with E-state index in [4.69, 9.17) is 4.74 Å². The number of carbonyl (C=O) groups is 1. The number of hydrogen-bond acceptors (Lipinski definition) is 3. The maximum absolute atomic E-state index is 12.5. The molecule has 1 rings (SSSR count). The number of hydrogen-bond donors (Lipinski definition) is 1. The molecule has 3 nitrogen and oxygen atoms in total. The van der Waals surface area contributed by atoms with Gasteiger partial charge >= 0.3 is 5.97 Å². The average Bonchev–Trinajstić information content (AvgIpc) is 2.14. The molecule has 1 aromatic rings. The van der Waals surface area contributed by atoms with Gasteiger partial charge in [-0.05, 0) is 24.3 Å². The van der Waals surface area contributed by atoms with E-state index < -0.39 is 18.4 Å². The Balaban J connectivity index is 2.55. The summed E-state index contributed by atoms with van der Waals surface area (Å²) in [6, 6.07) is 6.23. The maximum Gasteiger partial charge on any atom is 0.308 e. The molecule has 88 valence electrons. The molecule has 0 saturated heterocycles. The van der Waals surface area contributed by atoms with Crippen LogP contribution in [0.2, 0.25) is 0 Å². The standard InChI is InChI=1S/C11H13F2NO2/c1-8(15)16-10-5-3-9(4-6-10)14-7-11(2,12)13/h3-6,14H,7H2,1-2H3. The van der Waals surface area contributed by atoms with Gasteiger partial charge in [0.1, 0.15) is 5.75 Å². The Labute approximate surface area is 92.4 Å². The highest BCUT2D eigenvalue weighted by Gasteiger charge is 2.20. The molecule has 0 amide bonds. The van der Waals surface area contributed by atoms with E-state index in [0.29, 0.717) is 11.4 Å². The van der Waals surface area contributed by atoms with Crippen LogP contribution < -0.4 is 10.1 Å². The summed E-state index contributed by atoms with van der Waals surface area (Å²) in [6.45, 7) is 1.71. The second-order valence-corrected chi connectivity index (χ2v) is 3.54. The molecular formula is C11H13F2NO2. The summed E-state index contributed by atoms with van der Waals surface area (Å²) in [7, 11) is 0. The van der Waals surface area contributed by atoms with E-state index in [-0.39, 0.29) is 0 Å². The van der Waals surface area contributed by atoms with Crippen LogP contribution >= 0.6 is 0 Å². The van der Waals surface area contributed by atoms with Gasteiger partial charge in [0.2, 0.25) is 0 Å². The highest BCUT2D eigenvalue weighted by molar-refractivity contribution is 5.69. The lowest BCUT2D eigenvalue weighted by Crippen LogP contribution is -2.22. The minimum atomic E-state index is -2.76. The van der Waals surface area contributed by atoms with Gasteiger partial charge < -0.3 is 10.1 Å². The number of benzene rings is 1. The van der Waals surface area contributed by atoms with Crippen molar-refractivity contribution in [3.63, 3.8) is 0 Å². The molecule has 0 aliphatic carbocycles. The molecule has 0 unspecified atom stereocenters. The Kier molecular flexibility index (Phi) is 3.82. The zero-order valence-electron chi connectivity index (χ0n) is 9.09. The normalized spacial score (nSPS) is 11.0. The molecular weight excluding hydrogens is 216 g/mol. The van der Waals surface area contributed by atoms with Crippen LogP contribution in [0.25, 0.3) is 0 Å². The molecule has 0 aliphatic heterocycles. The Bertz CT molecular complexity index is 357. The maximum atomic E-state index is 12.5. The van der Waals surface area contributed by atoms with Gasteiger partial charge in [0.05, 0.1) is 6.54 Å². The predicted octanol–water partition coefficient (Wildman–Crippen LogP) is 2.68. The number of halogens is 2. The molecule has 0 heterocycles. The Hall–Kier alpha value is -1.65. The van der Waals surface area contributed by atoms with Crippen LogP contribution in [0.4, 0.5) is 14.5 Å². The van der Waals surface area contributed by atoms with Crippen LogP contribution in [0.15, 0.2) is 24.3 Å². The van der Waals surface area contributed by atoms with Crippen LogP contribution in [0, 0.1) is 0 Å².